The Labute approximate surface area is 446 Å². The minimum absolute atomic E-state index is 0.00754. The number of aldehydes is 1. The third-order valence-electron chi connectivity index (χ3n) is 13.0. The maximum Gasteiger partial charge on any atom is 0.297 e. The van der Waals surface area contributed by atoms with Crippen LogP contribution >= 0.6 is 0 Å². The normalized spacial score (nSPS) is 27.9. The predicted molar refractivity (Wildman–Crippen MR) is 289 cm³/mol. The molecule has 9 N–H and O–H groups in total. The van der Waals surface area contributed by atoms with Crippen molar-refractivity contribution in [2.45, 2.75) is 191 Å². The Bertz CT molecular complexity index is 1740. The number of rotatable bonds is 34. The number of likely N-dealkylation sites (N-methyl/N-ethyl adjacent to an activating group) is 1. The molecule has 0 saturated carbocycles. The summed E-state index contributed by atoms with van der Waals surface area (Å²) in [4.78, 5) is 29.0. The standard InChI is InChI=1S/C50H83NO13.C4H6O2.C3H4O2/c1-33(46(58)34(2)36(4)61-8)22-19-17-15-13-11-9-10-12-14-16-18-20-25-42(63-49-48(60)45(51-7)47(59)37(5)62-49)30-44-35(3)43(57)32-50(6,64-44)31-41(56)29-39(54)24-21-23-38(53)28-40(55)26-27-52;1-2-3-6-4-5;1-2-5-3-4/h9-20,22,25,27,33-49,51,53-60H,21,23-24,26,28-32H2,1-8H3;2,4H,1,3H2;2-3H,1H2/b10-9+,13-11+,14-12+,17-15+,18-16+,22-19+,25-20+;;. The molecular formula is C57H93NO17. The first-order valence-corrected chi connectivity index (χ1v) is 25.8. The van der Waals surface area contributed by atoms with Gasteiger partial charge in [0.2, 0.25) is 0 Å². The van der Waals surface area contributed by atoms with Crippen LogP contribution in [0.25, 0.3) is 0 Å². The van der Waals surface area contributed by atoms with Gasteiger partial charge in [0, 0.05) is 50.5 Å². The number of hydrogen-bond acceptors (Lipinski definition) is 18. The van der Waals surface area contributed by atoms with E-state index in [1.807, 2.05) is 120 Å². The third-order valence-corrected chi connectivity index (χ3v) is 13.0. The molecule has 18 heteroatoms. The Morgan fingerprint density at radius 1 is 0.760 bits per heavy atom. The first-order chi connectivity index (χ1) is 35.7. The van der Waals surface area contributed by atoms with E-state index in [4.69, 9.17) is 23.7 Å². The molecular weight excluding hydrogens is 971 g/mol. The molecule has 428 valence electrons. The van der Waals surface area contributed by atoms with Crippen LogP contribution in [0.1, 0.15) is 99.3 Å². The summed E-state index contributed by atoms with van der Waals surface area (Å²) >= 11 is 0. The molecule has 75 heavy (non-hydrogen) atoms. The molecule has 2 aliphatic heterocycles. The lowest BCUT2D eigenvalue weighted by Crippen LogP contribution is -2.62. The first-order valence-electron chi connectivity index (χ1n) is 25.8. The molecule has 0 bridgehead atoms. The van der Waals surface area contributed by atoms with Crippen molar-refractivity contribution in [1.29, 1.82) is 0 Å². The second-order valence-corrected chi connectivity index (χ2v) is 19.2. The second-order valence-electron chi connectivity index (χ2n) is 19.2. The molecule has 18 unspecified atom stereocenters. The molecule has 18 atom stereocenters. The van der Waals surface area contributed by atoms with E-state index in [0.29, 0.717) is 45.1 Å². The molecule has 2 rings (SSSR count). The summed E-state index contributed by atoms with van der Waals surface area (Å²) in [6, 6.07) is -0.689. The topological polar surface area (TPSA) is 280 Å². The fraction of sp³-hybridized carbons (Fsp3) is 0.632. The van der Waals surface area contributed by atoms with E-state index in [0.717, 1.165) is 6.26 Å². The van der Waals surface area contributed by atoms with Gasteiger partial charge in [-0.3, -0.25) is 9.59 Å². The van der Waals surface area contributed by atoms with Crippen LogP contribution in [0.4, 0.5) is 0 Å². The number of ether oxygens (including phenoxy) is 6. The highest BCUT2D eigenvalue weighted by Gasteiger charge is 2.46. The van der Waals surface area contributed by atoms with Gasteiger partial charge in [0.25, 0.3) is 12.9 Å². The predicted octanol–water partition coefficient (Wildman–Crippen LogP) is 4.94. The quantitative estimate of drug-likeness (QED) is 0.0136. The molecule has 0 aromatic heterocycles. The number of carbonyl (C=O) groups excluding carboxylic acids is 3. The highest BCUT2D eigenvalue weighted by molar-refractivity contribution is 5.50. The summed E-state index contributed by atoms with van der Waals surface area (Å²) < 4.78 is 32.4. The summed E-state index contributed by atoms with van der Waals surface area (Å²) in [6.07, 6.45) is 21.8. The molecule has 0 spiro atoms. The number of aliphatic hydroxyl groups is 8. The Hall–Kier alpha value is -4.25. The Kier molecular flexibility index (Phi) is 39.5. The van der Waals surface area contributed by atoms with Crippen molar-refractivity contribution in [3.63, 3.8) is 0 Å². The maximum absolute atomic E-state index is 11.2. The van der Waals surface area contributed by atoms with E-state index in [1.165, 1.54) is 6.08 Å². The smallest absolute Gasteiger partial charge is 0.297 e. The van der Waals surface area contributed by atoms with E-state index < -0.39 is 85.1 Å². The van der Waals surface area contributed by atoms with Crippen LogP contribution in [0, 0.1) is 17.8 Å². The van der Waals surface area contributed by atoms with Gasteiger partial charge in [0.15, 0.2) is 6.29 Å². The lowest BCUT2D eigenvalue weighted by atomic mass is 9.79. The van der Waals surface area contributed by atoms with Gasteiger partial charge < -0.3 is 79.4 Å². The lowest BCUT2D eigenvalue weighted by Gasteiger charge is -2.47. The van der Waals surface area contributed by atoms with E-state index in [2.05, 4.69) is 27.9 Å². The number of nitrogens with one attached hydrogen (secondary N) is 1. The zero-order chi connectivity index (χ0) is 56.8. The average molecular weight is 1060 g/mol. The molecule has 0 radical (unpaired) electrons. The summed E-state index contributed by atoms with van der Waals surface area (Å²) in [7, 11) is 3.30. The number of allylic oxidation sites excluding steroid dienone is 12. The lowest BCUT2D eigenvalue weighted by molar-refractivity contribution is -0.283. The van der Waals surface area contributed by atoms with Crippen molar-refractivity contribution >= 4 is 19.2 Å². The summed E-state index contributed by atoms with van der Waals surface area (Å²) in [5.41, 5.74) is -0.933. The molecule has 2 aliphatic rings. The van der Waals surface area contributed by atoms with Gasteiger partial charge in [-0.15, -0.1) is 0 Å². The minimum atomic E-state index is -1.18. The van der Waals surface area contributed by atoms with Crippen molar-refractivity contribution in [3.05, 3.63) is 111 Å². The summed E-state index contributed by atoms with van der Waals surface area (Å²) in [6.45, 7) is 18.8. The van der Waals surface area contributed by atoms with Crippen LogP contribution in [0.15, 0.2) is 111 Å². The zero-order valence-electron chi connectivity index (χ0n) is 45.5. The monoisotopic (exact) mass is 1060 g/mol. The van der Waals surface area contributed by atoms with Crippen molar-refractivity contribution in [2.24, 2.45) is 17.8 Å². The zero-order valence-corrected chi connectivity index (χ0v) is 45.5. The SMILES string of the molecule is C=CCOC=O.C=COC=O.CNC1C(O)C(C)OC(OC(/C=C/C=C/C=C/C=C/C=C/C=C/C=C/C(C)C(O)C(C)C(C)OC)CC2OC(C)(CC(O)CC(O)CCCC(O)CC(O)CC=O)CC(O)C2C)C1O. The van der Waals surface area contributed by atoms with Gasteiger partial charge >= 0.3 is 0 Å². The van der Waals surface area contributed by atoms with Crippen LogP contribution in [0.2, 0.25) is 0 Å². The summed E-state index contributed by atoms with van der Waals surface area (Å²) in [5, 5.41) is 88.1. The fourth-order valence-electron chi connectivity index (χ4n) is 8.40. The molecule has 0 aliphatic carbocycles. The van der Waals surface area contributed by atoms with E-state index >= 15 is 0 Å². The van der Waals surface area contributed by atoms with Crippen LogP contribution in [-0.2, 0) is 42.8 Å². The number of hydrogen-bond donors (Lipinski definition) is 9. The van der Waals surface area contributed by atoms with E-state index in [-0.39, 0.29) is 62.4 Å². The van der Waals surface area contributed by atoms with Gasteiger partial charge in [-0.2, -0.15) is 0 Å². The number of methoxy groups -OCH3 is 1. The molecule has 2 heterocycles. The van der Waals surface area contributed by atoms with Crippen LogP contribution < -0.4 is 5.32 Å². The second kappa shape index (κ2) is 41.9. The molecule has 18 nitrogen and oxygen atoms in total. The van der Waals surface area contributed by atoms with Gasteiger partial charge in [-0.05, 0) is 59.9 Å². The summed E-state index contributed by atoms with van der Waals surface area (Å²) in [5.74, 6) is -0.292. The average Bonchev–Trinajstić information content (AvgIpc) is 3.36. The van der Waals surface area contributed by atoms with Crippen molar-refractivity contribution in [2.75, 3.05) is 20.8 Å². The Morgan fingerprint density at radius 3 is 1.77 bits per heavy atom. The molecule has 2 saturated heterocycles. The number of aliphatic hydroxyl groups excluding tert-OH is 8. The Balaban J connectivity index is 0.00000447. The van der Waals surface area contributed by atoms with Crippen LogP contribution in [-0.4, -0.2) is 172 Å². The van der Waals surface area contributed by atoms with Gasteiger partial charge in [-0.1, -0.05) is 125 Å². The molecule has 0 aromatic carbocycles. The van der Waals surface area contributed by atoms with E-state index in [1.54, 1.807) is 21.1 Å². The van der Waals surface area contributed by atoms with Crippen molar-refractivity contribution < 1.29 is 83.7 Å². The highest BCUT2D eigenvalue weighted by Crippen LogP contribution is 2.39. The Morgan fingerprint density at radius 2 is 1.31 bits per heavy atom. The molecule has 0 aromatic rings. The van der Waals surface area contributed by atoms with Gasteiger partial charge in [-0.25, -0.2) is 0 Å². The van der Waals surface area contributed by atoms with Crippen molar-refractivity contribution in [1.82, 2.24) is 5.32 Å². The molecule has 0 amide bonds. The van der Waals surface area contributed by atoms with Gasteiger partial charge in [0.05, 0.1) is 85.0 Å². The molecule has 2 fully saturated rings. The fourth-order valence-corrected chi connectivity index (χ4v) is 8.40. The highest BCUT2D eigenvalue weighted by atomic mass is 16.7. The van der Waals surface area contributed by atoms with Crippen LogP contribution in [0.3, 0.4) is 0 Å². The third kappa shape index (κ3) is 30.9. The van der Waals surface area contributed by atoms with Crippen molar-refractivity contribution in [3.8, 4) is 0 Å². The van der Waals surface area contributed by atoms with E-state index in [9.17, 15) is 50.4 Å². The first kappa shape index (κ1) is 70.8. The minimum Gasteiger partial charge on any atom is -0.464 e. The maximum atomic E-state index is 11.2. The van der Waals surface area contributed by atoms with Gasteiger partial charge in [0.1, 0.15) is 19.0 Å². The number of carbonyl (C=O) groups is 3. The van der Waals surface area contributed by atoms with Crippen LogP contribution in [0.5, 0.6) is 0 Å². The largest absolute Gasteiger partial charge is 0.464 e.